The Bertz CT molecular complexity index is 1770. The normalized spacial score (nSPS) is 12.0. The zero-order chi connectivity index (χ0) is 22.6. The van der Waals surface area contributed by atoms with E-state index in [1.54, 1.807) is 18.3 Å². The van der Waals surface area contributed by atoms with E-state index in [4.69, 9.17) is 0 Å². The number of para-hydroxylation sites is 1. The quantitative estimate of drug-likeness (QED) is 0.308. The molecule has 0 N–H and O–H groups in total. The van der Waals surface area contributed by atoms with E-state index in [1.165, 1.54) is 3.97 Å². The minimum atomic E-state index is -3.84. The third-order valence-corrected chi connectivity index (χ3v) is 7.86. The third kappa shape index (κ3) is 2.97. The van der Waals surface area contributed by atoms with Crippen LogP contribution in [0, 0.1) is 6.92 Å². The molecule has 0 saturated carbocycles. The Hall–Kier alpha value is -3.96. The van der Waals surface area contributed by atoms with Crippen molar-refractivity contribution in [2.24, 2.45) is 0 Å². The van der Waals surface area contributed by atoms with E-state index in [9.17, 15) is 8.42 Å². The molecule has 6 aromatic rings. The van der Waals surface area contributed by atoms with Crippen molar-refractivity contribution >= 4 is 42.7 Å². The molecule has 0 spiro atoms. The van der Waals surface area contributed by atoms with Gasteiger partial charge < -0.3 is 0 Å². The number of fused-ring (bicyclic) bond motifs is 4. The van der Waals surface area contributed by atoms with Crippen LogP contribution < -0.4 is 0 Å². The molecule has 4 nitrogen and oxygen atoms in total. The number of pyridine rings is 1. The van der Waals surface area contributed by atoms with E-state index in [0.29, 0.717) is 11.0 Å². The van der Waals surface area contributed by atoms with Gasteiger partial charge >= 0.3 is 0 Å². The van der Waals surface area contributed by atoms with E-state index in [-0.39, 0.29) is 4.90 Å². The molecule has 5 heteroatoms. The maximum Gasteiger partial charge on any atom is 0.268 e. The van der Waals surface area contributed by atoms with Crippen molar-refractivity contribution in [1.29, 1.82) is 0 Å². The molecular formula is C28H20N2O2S. The van der Waals surface area contributed by atoms with E-state index in [1.807, 2.05) is 79.7 Å². The Morgan fingerprint density at radius 2 is 1.42 bits per heavy atom. The van der Waals surface area contributed by atoms with Gasteiger partial charge in [-0.3, -0.25) is 4.98 Å². The first kappa shape index (κ1) is 19.7. The van der Waals surface area contributed by atoms with Gasteiger partial charge in [0.05, 0.1) is 21.4 Å². The molecule has 4 aromatic carbocycles. The van der Waals surface area contributed by atoms with Gasteiger partial charge in [0.2, 0.25) is 0 Å². The predicted molar refractivity (Wildman–Crippen MR) is 134 cm³/mol. The second-order valence-corrected chi connectivity index (χ2v) is 9.97. The fourth-order valence-electron chi connectivity index (χ4n) is 4.61. The lowest BCUT2D eigenvalue weighted by atomic mass is 9.95. The van der Waals surface area contributed by atoms with Crippen molar-refractivity contribution in [1.82, 2.24) is 8.96 Å². The predicted octanol–water partition coefficient (Wildman–Crippen LogP) is 6.56. The van der Waals surface area contributed by atoms with Crippen LogP contribution in [0.1, 0.15) is 5.56 Å². The molecule has 0 fully saturated rings. The highest BCUT2D eigenvalue weighted by molar-refractivity contribution is 7.90. The zero-order valence-corrected chi connectivity index (χ0v) is 18.8. The zero-order valence-electron chi connectivity index (χ0n) is 17.9. The van der Waals surface area contributed by atoms with E-state index in [0.717, 1.165) is 38.4 Å². The van der Waals surface area contributed by atoms with Crippen LogP contribution in [0.2, 0.25) is 0 Å². The smallest absolute Gasteiger partial charge is 0.256 e. The summed E-state index contributed by atoms with van der Waals surface area (Å²) in [5, 5.41) is 2.80. The van der Waals surface area contributed by atoms with Crippen LogP contribution in [0.15, 0.2) is 108 Å². The standard InChI is InChI=1S/C28H20N2O2S/c1-19-13-15-21(16-14-19)33(31,32)30-25-12-6-5-10-23(25)28-26(30)18-24-22(11-7-17-29-24)27(28)20-8-3-2-4-9-20/h2-18H,1H3. The summed E-state index contributed by atoms with van der Waals surface area (Å²) in [4.78, 5) is 4.85. The summed E-state index contributed by atoms with van der Waals surface area (Å²) in [6, 6.07) is 30.6. The molecule has 6 rings (SSSR count). The van der Waals surface area contributed by atoms with Crippen LogP contribution in [-0.4, -0.2) is 17.4 Å². The first-order valence-electron chi connectivity index (χ1n) is 10.7. The van der Waals surface area contributed by atoms with Crippen LogP contribution in [0.4, 0.5) is 0 Å². The molecule has 0 atom stereocenters. The number of aryl methyl sites for hydroxylation is 1. The molecule has 2 heterocycles. The lowest BCUT2D eigenvalue weighted by molar-refractivity contribution is 0.590. The van der Waals surface area contributed by atoms with Crippen molar-refractivity contribution < 1.29 is 8.42 Å². The van der Waals surface area contributed by atoms with Crippen molar-refractivity contribution in [2.75, 3.05) is 0 Å². The molecule has 0 amide bonds. The molecule has 2 aromatic heterocycles. The molecule has 0 aliphatic heterocycles. The number of hydrogen-bond acceptors (Lipinski definition) is 3. The van der Waals surface area contributed by atoms with Crippen LogP contribution in [-0.2, 0) is 10.0 Å². The average Bonchev–Trinajstić information content (AvgIpc) is 3.18. The second kappa shape index (κ2) is 7.29. The van der Waals surface area contributed by atoms with Gasteiger partial charge in [-0.2, -0.15) is 0 Å². The van der Waals surface area contributed by atoms with Gasteiger partial charge in [-0.1, -0.05) is 72.3 Å². The topological polar surface area (TPSA) is 52.0 Å². The van der Waals surface area contributed by atoms with Crippen molar-refractivity contribution in [2.45, 2.75) is 11.8 Å². The highest BCUT2D eigenvalue weighted by Crippen LogP contribution is 2.42. The Morgan fingerprint density at radius 3 is 2.21 bits per heavy atom. The molecule has 0 aliphatic carbocycles. The molecule has 160 valence electrons. The van der Waals surface area contributed by atoms with E-state index < -0.39 is 10.0 Å². The van der Waals surface area contributed by atoms with Gasteiger partial charge in [-0.05, 0) is 42.8 Å². The van der Waals surface area contributed by atoms with Crippen LogP contribution in [0.5, 0.6) is 0 Å². The molecule has 0 radical (unpaired) electrons. The second-order valence-electron chi connectivity index (χ2n) is 8.18. The average molecular weight is 449 g/mol. The monoisotopic (exact) mass is 448 g/mol. The Kier molecular flexibility index (Phi) is 4.35. The van der Waals surface area contributed by atoms with Gasteiger partial charge in [-0.25, -0.2) is 12.4 Å². The SMILES string of the molecule is Cc1ccc(S(=O)(=O)n2c3ccccc3c3c(-c4ccccc4)c4cccnc4cc32)cc1. The summed E-state index contributed by atoms with van der Waals surface area (Å²) < 4.78 is 29.4. The maximum absolute atomic E-state index is 14.0. The van der Waals surface area contributed by atoms with Gasteiger partial charge in [0.25, 0.3) is 10.0 Å². The van der Waals surface area contributed by atoms with Crippen molar-refractivity contribution in [3.8, 4) is 11.1 Å². The minimum Gasteiger partial charge on any atom is -0.256 e. The van der Waals surface area contributed by atoms with Crippen LogP contribution in [0.25, 0.3) is 43.8 Å². The number of aromatic nitrogens is 2. The summed E-state index contributed by atoms with van der Waals surface area (Å²) in [7, 11) is -3.84. The minimum absolute atomic E-state index is 0.262. The molecule has 0 saturated heterocycles. The lowest BCUT2D eigenvalue weighted by Crippen LogP contribution is -2.12. The van der Waals surface area contributed by atoms with Gasteiger partial charge in [0, 0.05) is 27.9 Å². The largest absolute Gasteiger partial charge is 0.268 e. The van der Waals surface area contributed by atoms with Gasteiger partial charge in [-0.15, -0.1) is 0 Å². The molecule has 0 bridgehead atoms. The summed E-state index contributed by atoms with van der Waals surface area (Å²) in [5.74, 6) is 0. The van der Waals surface area contributed by atoms with Crippen molar-refractivity contribution in [3.05, 3.63) is 109 Å². The summed E-state index contributed by atoms with van der Waals surface area (Å²) in [6.07, 6.45) is 1.74. The molecule has 33 heavy (non-hydrogen) atoms. The Labute approximate surface area is 191 Å². The van der Waals surface area contributed by atoms with Crippen LogP contribution >= 0.6 is 0 Å². The highest BCUT2D eigenvalue weighted by Gasteiger charge is 2.26. The van der Waals surface area contributed by atoms with E-state index in [2.05, 4.69) is 17.1 Å². The number of benzene rings is 4. The van der Waals surface area contributed by atoms with Crippen molar-refractivity contribution in [3.63, 3.8) is 0 Å². The van der Waals surface area contributed by atoms with Crippen LogP contribution in [0.3, 0.4) is 0 Å². The maximum atomic E-state index is 14.0. The number of nitrogens with zero attached hydrogens (tertiary/aromatic N) is 2. The number of hydrogen-bond donors (Lipinski definition) is 0. The van der Waals surface area contributed by atoms with E-state index >= 15 is 0 Å². The first-order chi connectivity index (χ1) is 16.1. The summed E-state index contributed by atoms with van der Waals surface area (Å²) in [5.41, 5.74) is 5.06. The molecule has 0 unspecified atom stereocenters. The summed E-state index contributed by atoms with van der Waals surface area (Å²) >= 11 is 0. The fraction of sp³-hybridized carbons (Fsp3) is 0.0357. The number of rotatable bonds is 3. The van der Waals surface area contributed by atoms with Gasteiger partial charge in [0.1, 0.15) is 0 Å². The molecule has 0 aliphatic rings. The lowest BCUT2D eigenvalue weighted by Gasteiger charge is -2.12. The first-order valence-corrected chi connectivity index (χ1v) is 12.2. The summed E-state index contributed by atoms with van der Waals surface area (Å²) in [6.45, 7) is 1.95. The highest BCUT2D eigenvalue weighted by atomic mass is 32.2. The molecular weight excluding hydrogens is 428 g/mol. The fourth-order valence-corrected chi connectivity index (χ4v) is 6.12. The Morgan fingerprint density at radius 1 is 0.727 bits per heavy atom. The van der Waals surface area contributed by atoms with Gasteiger partial charge in [0.15, 0.2) is 0 Å². The third-order valence-electron chi connectivity index (χ3n) is 6.12. The Balaban J connectivity index is 1.84.